The van der Waals surface area contributed by atoms with Gasteiger partial charge in [0.05, 0.1) is 6.42 Å². The largest absolute Gasteiger partial charge is 0.342 e. The molecule has 27 heavy (non-hydrogen) atoms. The molecule has 0 aliphatic carbocycles. The summed E-state index contributed by atoms with van der Waals surface area (Å²) < 4.78 is 0. The van der Waals surface area contributed by atoms with Crippen LogP contribution in [0.1, 0.15) is 35.1 Å². The number of nitrogens with zero attached hydrogens (tertiary/aromatic N) is 1. The molecule has 0 radical (unpaired) electrons. The Morgan fingerprint density at radius 2 is 1.74 bits per heavy atom. The number of hydrogen-bond acceptors (Lipinski definition) is 2. The summed E-state index contributed by atoms with van der Waals surface area (Å²) in [5, 5.41) is 3.03. The van der Waals surface area contributed by atoms with Crippen LogP contribution in [-0.4, -0.2) is 29.8 Å². The first-order valence-corrected chi connectivity index (χ1v) is 9.64. The molecule has 0 bridgehead atoms. The Morgan fingerprint density at radius 1 is 1.00 bits per heavy atom. The maximum Gasteiger partial charge on any atom is 0.227 e. The van der Waals surface area contributed by atoms with E-state index in [2.05, 4.69) is 18.3 Å². The van der Waals surface area contributed by atoms with Crippen LogP contribution < -0.4 is 5.32 Å². The van der Waals surface area contributed by atoms with Crippen molar-refractivity contribution >= 4 is 17.5 Å². The molecule has 1 fully saturated rings. The third-order valence-corrected chi connectivity index (χ3v) is 5.43. The first-order chi connectivity index (χ1) is 12.9. The molecule has 1 aliphatic heterocycles. The van der Waals surface area contributed by atoms with Crippen LogP contribution in [0.25, 0.3) is 0 Å². The molecule has 3 rings (SSSR count). The van der Waals surface area contributed by atoms with Gasteiger partial charge in [-0.15, -0.1) is 0 Å². The second-order valence-electron chi connectivity index (χ2n) is 7.61. The maximum absolute atomic E-state index is 12.6. The molecule has 4 nitrogen and oxygen atoms in total. The highest BCUT2D eigenvalue weighted by atomic mass is 16.2. The third kappa shape index (κ3) is 4.97. The molecule has 2 aromatic rings. The number of nitrogens with one attached hydrogen (secondary N) is 1. The predicted molar refractivity (Wildman–Crippen MR) is 109 cm³/mol. The van der Waals surface area contributed by atoms with Gasteiger partial charge < -0.3 is 10.2 Å². The maximum atomic E-state index is 12.6. The molecule has 2 aromatic carbocycles. The normalized spacial score (nSPS) is 14.9. The Kier molecular flexibility index (Phi) is 5.94. The molecule has 1 aliphatic rings. The topological polar surface area (TPSA) is 49.4 Å². The van der Waals surface area contributed by atoms with Crippen molar-refractivity contribution in [1.82, 2.24) is 4.90 Å². The van der Waals surface area contributed by atoms with Gasteiger partial charge in [0, 0.05) is 24.7 Å². The summed E-state index contributed by atoms with van der Waals surface area (Å²) >= 11 is 0. The summed E-state index contributed by atoms with van der Waals surface area (Å²) in [4.78, 5) is 27.0. The van der Waals surface area contributed by atoms with Gasteiger partial charge in [0.15, 0.2) is 0 Å². The zero-order valence-electron chi connectivity index (χ0n) is 16.4. The lowest BCUT2D eigenvalue weighted by Crippen LogP contribution is -2.42. The van der Waals surface area contributed by atoms with Gasteiger partial charge in [-0.3, -0.25) is 9.59 Å². The van der Waals surface area contributed by atoms with Crippen molar-refractivity contribution in [3.05, 3.63) is 64.7 Å². The van der Waals surface area contributed by atoms with Crippen LogP contribution in [0, 0.1) is 26.7 Å². The fourth-order valence-corrected chi connectivity index (χ4v) is 3.56. The average molecular weight is 364 g/mol. The van der Waals surface area contributed by atoms with Crippen molar-refractivity contribution in [2.24, 2.45) is 5.92 Å². The number of carbonyl (C=O) groups excluding carboxylic acids is 2. The average Bonchev–Trinajstić information content (AvgIpc) is 2.65. The molecule has 0 spiro atoms. The minimum atomic E-state index is -0.0328. The van der Waals surface area contributed by atoms with E-state index in [1.807, 2.05) is 55.1 Å². The van der Waals surface area contributed by atoms with Gasteiger partial charge in [-0.2, -0.15) is 0 Å². The highest BCUT2D eigenvalue weighted by Gasteiger charge is 2.27. The Labute approximate surface area is 161 Å². The molecular weight excluding hydrogens is 336 g/mol. The van der Waals surface area contributed by atoms with Gasteiger partial charge in [0.25, 0.3) is 0 Å². The van der Waals surface area contributed by atoms with Crippen molar-refractivity contribution in [2.45, 2.75) is 40.0 Å². The van der Waals surface area contributed by atoms with Crippen molar-refractivity contribution in [3.63, 3.8) is 0 Å². The third-order valence-electron chi connectivity index (χ3n) is 5.43. The molecule has 0 saturated carbocycles. The first kappa shape index (κ1) is 19.2. The van der Waals surface area contributed by atoms with E-state index in [1.54, 1.807) is 0 Å². The molecule has 1 heterocycles. The van der Waals surface area contributed by atoms with Crippen molar-refractivity contribution in [3.8, 4) is 0 Å². The van der Waals surface area contributed by atoms with Crippen LogP contribution >= 0.6 is 0 Å². The number of amides is 2. The molecule has 1 saturated heterocycles. The molecule has 142 valence electrons. The summed E-state index contributed by atoms with van der Waals surface area (Å²) in [6.07, 6.45) is 1.87. The van der Waals surface area contributed by atoms with E-state index in [0.717, 1.165) is 24.1 Å². The lowest BCUT2D eigenvalue weighted by molar-refractivity contribution is -0.133. The number of likely N-dealkylation sites (tertiary alicyclic amines) is 1. The summed E-state index contributed by atoms with van der Waals surface area (Å²) in [6.45, 7) is 7.44. The van der Waals surface area contributed by atoms with Crippen LogP contribution in [0.5, 0.6) is 0 Å². The van der Waals surface area contributed by atoms with E-state index in [1.165, 1.54) is 16.7 Å². The van der Waals surface area contributed by atoms with Crippen LogP contribution in [0.15, 0.2) is 42.5 Å². The Morgan fingerprint density at radius 3 is 2.41 bits per heavy atom. The Hall–Kier alpha value is -2.62. The highest BCUT2D eigenvalue weighted by Crippen LogP contribution is 2.21. The van der Waals surface area contributed by atoms with Crippen LogP contribution in [0.4, 0.5) is 5.69 Å². The van der Waals surface area contributed by atoms with E-state index in [9.17, 15) is 9.59 Å². The SMILES string of the molecule is Cc1cccc(CC(=O)N2CCC(C(=O)Nc3ccc(C)c(C)c3)CC2)c1. The number of rotatable bonds is 4. The number of benzene rings is 2. The number of piperidine rings is 1. The molecule has 1 N–H and O–H groups in total. The van der Waals surface area contributed by atoms with E-state index in [-0.39, 0.29) is 17.7 Å². The monoisotopic (exact) mass is 364 g/mol. The zero-order valence-corrected chi connectivity index (χ0v) is 16.4. The number of hydrogen-bond donors (Lipinski definition) is 1. The highest BCUT2D eigenvalue weighted by molar-refractivity contribution is 5.93. The fourth-order valence-electron chi connectivity index (χ4n) is 3.56. The van der Waals surface area contributed by atoms with E-state index in [0.29, 0.717) is 19.5 Å². The van der Waals surface area contributed by atoms with Crippen molar-refractivity contribution in [1.29, 1.82) is 0 Å². The van der Waals surface area contributed by atoms with Gasteiger partial charge in [-0.1, -0.05) is 35.9 Å². The predicted octanol–water partition coefficient (Wildman–Crippen LogP) is 4.03. The standard InChI is InChI=1S/C23H28N2O2/c1-16-5-4-6-19(13-16)15-22(26)25-11-9-20(10-12-25)23(27)24-21-8-7-17(2)18(3)14-21/h4-8,13-14,20H,9-12,15H2,1-3H3,(H,24,27). The van der Waals surface area contributed by atoms with E-state index < -0.39 is 0 Å². The molecule has 4 heteroatoms. The molecular formula is C23H28N2O2. The second-order valence-corrected chi connectivity index (χ2v) is 7.61. The van der Waals surface area contributed by atoms with Crippen LogP contribution in [-0.2, 0) is 16.0 Å². The fraction of sp³-hybridized carbons (Fsp3) is 0.391. The minimum Gasteiger partial charge on any atom is -0.342 e. The second kappa shape index (κ2) is 8.38. The first-order valence-electron chi connectivity index (χ1n) is 9.64. The van der Waals surface area contributed by atoms with Crippen molar-refractivity contribution in [2.75, 3.05) is 18.4 Å². The smallest absolute Gasteiger partial charge is 0.227 e. The molecule has 0 aromatic heterocycles. The number of aryl methyl sites for hydroxylation is 3. The Bertz CT molecular complexity index is 836. The van der Waals surface area contributed by atoms with Crippen molar-refractivity contribution < 1.29 is 9.59 Å². The van der Waals surface area contributed by atoms with Gasteiger partial charge in [-0.05, 0) is 62.4 Å². The summed E-state index contributed by atoms with van der Waals surface area (Å²) in [5.74, 6) is 0.173. The molecule has 2 amide bonds. The molecule has 0 atom stereocenters. The van der Waals surface area contributed by atoms with Gasteiger partial charge in [-0.25, -0.2) is 0 Å². The lowest BCUT2D eigenvalue weighted by Gasteiger charge is -2.31. The lowest BCUT2D eigenvalue weighted by atomic mass is 9.95. The summed E-state index contributed by atoms with van der Waals surface area (Å²) in [6, 6.07) is 14.1. The van der Waals surface area contributed by atoms with Gasteiger partial charge in [0.1, 0.15) is 0 Å². The Balaban J connectivity index is 1.51. The van der Waals surface area contributed by atoms with Crippen LogP contribution in [0.3, 0.4) is 0 Å². The summed E-state index contributed by atoms with van der Waals surface area (Å²) in [5.41, 5.74) is 5.45. The zero-order chi connectivity index (χ0) is 19.4. The quantitative estimate of drug-likeness (QED) is 0.890. The summed E-state index contributed by atoms with van der Waals surface area (Å²) in [7, 11) is 0. The minimum absolute atomic E-state index is 0.0328. The van der Waals surface area contributed by atoms with Crippen LogP contribution in [0.2, 0.25) is 0 Å². The van der Waals surface area contributed by atoms with E-state index in [4.69, 9.17) is 0 Å². The van der Waals surface area contributed by atoms with Gasteiger partial charge in [0.2, 0.25) is 11.8 Å². The number of anilines is 1. The molecule has 0 unspecified atom stereocenters. The van der Waals surface area contributed by atoms with E-state index >= 15 is 0 Å². The number of carbonyl (C=O) groups is 2. The van der Waals surface area contributed by atoms with Gasteiger partial charge >= 0.3 is 0 Å².